The van der Waals surface area contributed by atoms with Gasteiger partial charge in [0, 0.05) is 5.92 Å². The van der Waals surface area contributed by atoms with Crippen LogP contribution >= 0.6 is 0 Å². The lowest BCUT2D eigenvalue weighted by atomic mass is 9.68. The molecule has 0 aromatic heterocycles. The lowest BCUT2D eigenvalue weighted by Gasteiger charge is -2.36. The van der Waals surface area contributed by atoms with Gasteiger partial charge >= 0.3 is 0 Å². The Balaban J connectivity index is 2.71. The molecular weight excluding hydrogens is 168 g/mol. The van der Waals surface area contributed by atoms with E-state index in [1.807, 2.05) is 0 Å². The molecule has 80 valence electrons. The molecule has 0 aromatic rings. The summed E-state index contributed by atoms with van der Waals surface area (Å²) in [5.74, 6) is 0.669. The summed E-state index contributed by atoms with van der Waals surface area (Å²) in [6, 6.07) is 0. The summed E-state index contributed by atoms with van der Waals surface area (Å²) in [5.41, 5.74) is 2.02. The van der Waals surface area contributed by atoms with E-state index in [1.165, 1.54) is 25.7 Å². The number of rotatable bonds is 3. The van der Waals surface area contributed by atoms with Crippen molar-refractivity contribution in [2.24, 2.45) is 11.3 Å². The van der Waals surface area contributed by atoms with E-state index in [4.69, 9.17) is 0 Å². The zero-order chi connectivity index (χ0) is 10.6. The average molecular weight is 192 g/mol. The number of allylic oxidation sites excluding steroid dienone is 4. The van der Waals surface area contributed by atoms with Gasteiger partial charge in [-0.1, -0.05) is 51.0 Å². The van der Waals surface area contributed by atoms with Crippen LogP contribution in [0.25, 0.3) is 0 Å². The second-order valence-corrected chi connectivity index (χ2v) is 5.17. The lowest BCUT2D eigenvalue weighted by Crippen LogP contribution is -2.26. The summed E-state index contributed by atoms with van der Waals surface area (Å²) < 4.78 is 0. The molecule has 0 fully saturated rings. The van der Waals surface area contributed by atoms with Crippen molar-refractivity contribution in [1.29, 1.82) is 0 Å². The van der Waals surface area contributed by atoms with Crippen LogP contribution in [0.4, 0.5) is 0 Å². The molecule has 0 spiro atoms. The van der Waals surface area contributed by atoms with Crippen LogP contribution in [0, 0.1) is 11.3 Å². The number of hydrogen-bond acceptors (Lipinski definition) is 0. The van der Waals surface area contributed by atoms with Gasteiger partial charge in [0.1, 0.15) is 0 Å². The molecule has 1 aliphatic rings. The molecule has 1 rings (SSSR count). The summed E-state index contributed by atoms with van der Waals surface area (Å²) in [5, 5.41) is 0. The van der Waals surface area contributed by atoms with Crippen molar-refractivity contribution in [3.63, 3.8) is 0 Å². The molecule has 0 aromatic carbocycles. The molecule has 0 N–H and O–H groups in total. The van der Waals surface area contributed by atoms with E-state index in [0.717, 1.165) is 0 Å². The quantitative estimate of drug-likeness (QED) is 0.567. The SMILES string of the molecule is CCC/C=C/C1C(C)=CCCC1(C)C. The van der Waals surface area contributed by atoms with Gasteiger partial charge in [0.05, 0.1) is 0 Å². The van der Waals surface area contributed by atoms with Crippen molar-refractivity contribution < 1.29 is 0 Å². The Morgan fingerprint density at radius 2 is 2.21 bits per heavy atom. The summed E-state index contributed by atoms with van der Waals surface area (Å²) >= 11 is 0. The van der Waals surface area contributed by atoms with E-state index in [-0.39, 0.29) is 0 Å². The highest BCUT2D eigenvalue weighted by atomic mass is 14.3. The Morgan fingerprint density at radius 1 is 1.50 bits per heavy atom. The molecule has 0 heteroatoms. The van der Waals surface area contributed by atoms with Crippen LogP contribution in [0.5, 0.6) is 0 Å². The zero-order valence-corrected chi connectivity index (χ0v) is 10.1. The van der Waals surface area contributed by atoms with Gasteiger partial charge in [0.25, 0.3) is 0 Å². The van der Waals surface area contributed by atoms with Crippen LogP contribution in [0.2, 0.25) is 0 Å². The predicted molar refractivity (Wildman–Crippen MR) is 64.3 cm³/mol. The second kappa shape index (κ2) is 4.82. The highest BCUT2D eigenvalue weighted by molar-refractivity contribution is 5.18. The van der Waals surface area contributed by atoms with Crippen LogP contribution in [-0.2, 0) is 0 Å². The molecule has 0 saturated carbocycles. The molecule has 1 unspecified atom stereocenters. The Morgan fingerprint density at radius 3 is 2.79 bits per heavy atom. The fraction of sp³-hybridized carbons (Fsp3) is 0.714. The molecule has 0 amide bonds. The average Bonchev–Trinajstić information content (AvgIpc) is 2.09. The molecule has 1 aliphatic carbocycles. The summed E-state index contributed by atoms with van der Waals surface area (Å²) in [4.78, 5) is 0. The summed E-state index contributed by atoms with van der Waals surface area (Å²) in [7, 11) is 0. The van der Waals surface area contributed by atoms with Gasteiger partial charge in [-0.05, 0) is 31.6 Å². The van der Waals surface area contributed by atoms with E-state index in [0.29, 0.717) is 11.3 Å². The first kappa shape index (κ1) is 11.6. The van der Waals surface area contributed by atoms with Crippen LogP contribution in [0.1, 0.15) is 53.4 Å². The fourth-order valence-electron chi connectivity index (χ4n) is 2.38. The fourth-order valence-corrected chi connectivity index (χ4v) is 2.38. The maximum atomic E-state index is 2.43. The maximum absolute atomic E-state index is 2.43. The third-order valence-electron chi connectivity index (χ3n) is 3.37. The molecule has 0 saturated heterocycles. The van der Waals surface area contributed by atoms with Crippen molar-refractivity contribution >= 4 is 0 Å². The van der Waals surface area contributed by atoms with Gasteiger partial charge in [-0.15, -0.1) is 0 Å². The molecule has 0 nitrogen and oxygen atoms in total. The van der Waals surface area contributed by atoms with E-state index in [1.54, 1.807) is 5.57 Å². The van der Waals surface area contributed by atoms with Crippen molar-refractivity contribution in [2.45, 2.75) is 53.4 Å². The van der Waals surface area contributed by atoms with Crippen LogP contribution in [-0.4, -0.2) is 0 Å². The van der Waals surface area contributed by atoms with Crippen LogP contribution in [0.3, 0.4) is 0 Å². The monoisotopic (exact) mass is 192 g/mol. The predicted octanol–water partition coefficient (Wildman–Crippen LogP) is 4.73. The summed E-state index contributed by atoms with van der Waals surface area (Å²) in [6.45, 7) is 9.30. The Bertz CT molecular complexity index is 230. The van der Waals surface area contributed by atoms with Gasteiger partial charge in [0.2, 0.25) is 0 Å². The number of unbranched alkanes of at least 4 members (excludes halogenated alkanes) is 1. The lowest BCUT2D eigenvalue weighted by molar-refractivity contribution is 0.255. The highest BCUT2D eigenvalue weighted by Gasteiger charge is 2.30. The molecule has 0 aliphatic heterocycles. The molecule has 0 bridgehead atoms. The smallest absolute Gasteiger partial charge is 0.00253 e. The minimum absolute atomic E-state index is 0.461. The molecule has 0 heterocycles. The topological polar surface area (TPSA) is 0 Å². The first-order valence-electron chi connectivity index (χ1n) is 5.91. The second-order valence-electron chi connectivity index (χ2n) is 5.17. The van der Waals surface area contributed by atoms with Crippen LogP contribution < -0.4 is 0 Å². The van der Waals surface area contributed by atoms with Gasteiger partial charge < -0.3 is 0 Å². The minimum Gasteiger partial charge on any atom is -0.0879 e. The van der Waals surface area contributed by atoms with Gasteiger partial charge in [-0.2, -0.15) is 0 Å². The Kier molecular flexibility index (Phi) is 3.97. The normalized spacial score (nSPS) is 26.6. The zero-order valence-electron chi connectivity index (χ0n) is 10.1. The van der Waals surface area contributed by atoms with Crippen molar-refractivity contribution in [2.75, 3.05) is 0 Å². The van der Waals surface area contributed by atoms with Gasteiger partial charge in [-0.25, -0.2) is 0 Å². The van der Waals surface area contributed by atoms with E-state index < -0.39 is 0 Å². The molecule has 14 heavy (non-hydrogen) atoms. The molecule has 1 atom stereocenters. The standard InChI is InChI=1S/C14H24/c1-5-6-7-10-13-12(2)9-8-11-14(13,3)4/h7,9-10,13H,5-6,8,11H2,1-4H3/b10-7+. The van der Waals surface area contributed by atoms with Crippen molar-refractivity contribution in [3.8, 4) is 0 Å². The molecular formula is C14H24. The van der Waals surface area contributed by atoms with Crippen LogP contribution in [0.15, 0.2) is 23.8 Å². The third-order valence-corrected chi connectivity index (χ3v) is 3.37. The van der Waals surface area contributed by atoms with Crippen molar-refractivity contribution in [1.82, 2.24) is 0 Å². The molecule has 0 radical (unpaired) electrons. The largest absolute Gasteiger partial charge is 0.0879 e. The highest BCUT2D eigenvalue weighted by Crippen LogP contribution is 2.41. The Hall–Kier alpha value is -0.520. The van der Waals surface area contributed by atoms with Gasteiger partial charge in [-0.3, -0.25) is 0 Å². The van der Waals surface area contributed by atoms with E-state index >= 15 is 0 Å². The minimum atomic E-state index is 0.461. The first-order valence-corrected chi connectivity index (χ1v) is 5.91. The van der Waals surface area contributed by atoms with E-state index in [2.05, 4.69) is 45.9 Å². The maximum Gasteiger partial charge on any atom is 0.00253 e. The van der Waals surface area contributed by atoms with Gasteiger partial charge in [0.15, 0.2) is 0 Å². The Labute approximate surface area is 89.1 Å². The van der Waals surface area contributed by atoms with Crippen molar-refractivity contribution in [3.05, 3.63) is 23.8 Å². The summed E-state index contributed by atoms with van der Waals surface area (Å²) in [6.07, 6.45) is 12.3. The first-order chi connectivity index (χ1) is 6.58. The van der Waals surface area contributed by atoms with E-state index in [9.17, 15) is 0 Å². The third kappa shape index (κ3) is 2.73. The number of hydrogen-bond donors (Lipinski definition) is 0.